The second-order valence-electron chi connectivity index (χ2n) is 6.54. The highest BCUT2D eigenvalue weighted by atomic mass is 19.2. The smallest absolute Gasteiger partial charge is 0.254 e. The van der Waals surface area contributed by atoms with Gasteiger partial charge in [-0.2, -0.15) is 0 Å². The molecule has 0 aliphatic carbocycles. The normalized spacial score (nSPS) is 11.7. The summed E-state index contributed by atoms with van der Waals surface area (Å²) < 4.78 is 26.6. The molecule has 28 heavy (non-hydrogen) atoms. The second kappa shape index (κ2) is 8.13. The number of rotatable bonds is 5. The van der Waals surface area contributed by atoms with Gasteiger partial charge in [0.2, 0.25) is 0 Å². The van der Waals surface area contributed by atoms with E-state index in [4.69, 9.17) is 0 Å². The first kappa shape index (κ1) is 19.4. The highest BCUT2D eigenvalue weighted by Gasteiger charge is 2.20. The molecule has 0 aliphatic heterocycles. The van der Waals surface area contributed by atoms with Crippen LogP contribution in [0.1, 0.15) is 44.8 Å². The Morgan fingerprint density at radius 2 is 1.36 bits per heavy atom. The van der Waals surface area contributed by atoms with Crippen LogP contribution in [0.5, 0.6) is 0 Å². The Bertz CT molecular complexity index is 1000. The van der Waals surface area contributed by atoms with Crippen molar-refractivity contribution >= 4 is 11.7 Å². The van der Waals surface area contributed by atoms with Crippen LogP contribution in [-0.4, -0.2) is 23.6 Å². The molecule has 1 amide bonds. The third kappa shape index (κ3) is 3.98. The average Bonchev–Trinajstić information content (AvgIpc) is 2.74. The quantitative estimate of drug-likeness (QED) is 0.583. The Kier molecular flexibility index (Phi) is 5.64. The SMILES string of the molecule is CC(c1ccc(F)c(F)c1)N(C)C(=O)c1ccc(C(=O)c2ccccc2)cc1. The third-order valence-corrected chi connectivity index (χ3v) is 4.76. The van der Waals surface area contributed by atoms with Gasteiger partial charge in [-0.25, -0.2) is 8.78 Å². The number of halogens is 2. The fourth-order valence-corrected chi connectivity index (χ4v) is 2.90. The second-order valence-corrected chi connectivity index (χ2v) is 6.54. The number of carbonyl (C=O) groups excluding carboxylic acids is 2. The molecule has 5 heteroatoms. The summed E-state index contributed by atoms with van der Waals surface area (Å²) in [6, 6.07) is 18.4. The minimum Gasteiger partial charge on any atom is -0.335 e. The van der Waals surface area contributed by atoms with Crippen molar-refractivity contribution in [1.29, 1.82) is 0 Å². The van der Waals surface area contributed by atoms with Crippen molar-refractivity contribution < 1.29 is 18.4 Å². The van der Waals surface area contributed by atoms with Crippen LogP contribution in [0, 0.1) is 11.6 Å². The van der Waals surface area contributed by atoms with Gasteiger partial charge in [0.25, 0.3) is 5.91 Å². The van der Waals surface area contributed by atoms with Gasteiger partial charge in [0.05, 0.1) is 6.04 Å². The number of nitrogens with zero attached hydrogens (tertiary/aromatic N) is 1. The molecule has 0 saturated heterocycles. The molecule has 3 aromatic rings. The van der Waals surface area contributed by atoms with Crippen LogP contribution in [0.3, 0.4) is 0 Å². The van der Waals surface area contributed by atoms with Crippen LogP contribution < -0.4 is 0 Å². The van der Waals surface area contributed by atoms with E-state index in [2.05, 4.69) is 0 Å². The van der Waals surface area contributed by atoms with E-state index < -0.39 is 17.7 Å². The maximum Gasteiger partial charge on any atom is 0.254 e. The predicted molar refractivity (Wildman–Crippen MR) is 103 cm³/mol. The van der Waals surface area contributed by atoms with Crippen LogP contribution in [0.4, 0.5) is 8.78 Å². The van der Waals surface area contributed by atoms with Crippen LogP contribution in [0.15, 0.2) is 72.8 Å². The standard InChI is InChI=1S/C23H19F2NO2/c1-15(19-12-13-20(24)21(25)14-19)26(2)23(28)18-10-8-17(9-11-18)22(27)16-6-4-3-5-7-16/h3-15H,1-2H3. The lowest BCUT2D eigenvalue weighted by molar-refractivity contribution is 0.0742. The van der Waals surface area contributed by atoms with E-state index >= 15 is 0 Å². The van der Waals surface area contributed by atoms with E-state index in [1.807, 2.05) is 6.07 Å². The van der Waals surface area contributed by atoms with Crippen molar-refractivity contribution in [2.75, 3.05) is 7.05 Å². The van der Waals surface area contributed by atoms with Gasteiger partial charge in [-0.15, -0.1) is 0 Å². The summed E-state index contributed by atoms with van der Waals surface area (Å²) in [5.41, 5.74) is 1.96. The summed E-state index contributed by atoms with van der Waals surface area (Å²) in [6.07, 6.45) is 0. The van der Waals surface area contributed by atoms with E-state index in [0.717, 1.165) is 12.1 Å². The van der Waals surface area contributed by atoms with Gasteiger partial charge in [-0.1, -0.05) is 48.5 Å². The van der Waals surface area contributed by atoms with Gasteiger partial charge in [-0.05, 0) is 36.8 Å². The van der Waals surface area contributed by atoms with Crippen molar-refractivity contribution in [3.63, 3.8) is 0 Å². The topological polar surface area (TPSA) is 37.4 Å². The summed E-state index contributed by atoms with van der Waals surface area (Å²) >= 11 is 0. The first-order valence-corrected chi connectivity index (χ1v) is 8.80. The summed E-state index contributed by atoms with van der Waals surface area (Å²) in [5, 5.41) is 0. The number of carbonyl (C=O) groups is 2. The molecule has 0 bridgehead atoms. The summed E-state index contributed by atoms with van der Waals surface area (Å²) in [4.78, 5) is 26.6. The van der Waals surface area contributed by atoms with Gasteiger partial charge in [-0.3, -0.25) is 9.59 Å². The largest absolute Gasteiger partial charge is 0.335 e. The fraction of sp³-hybridized carbons (Fsp3) is 0.130. The van der Waals surface area contributed by atoms with Gasteiger partial charge in [0.15, 0.2) is 17.4 Å². The Morgan fingerprint density at radius 1 is 0.786 bits per heavy atom. The Balaban J connectivity index is 1.76. The maximum absolute atomic E-state index is 13.5. The molecule has 0 saturated carbocycles. The highest BCUT2D eigenvalue weighted by molar-refractivity contribution is 6.09. The molecule has 0 N–H and O–H groups in total. The van der Waals surface area contributed by atoms with Crippen molar-refractivity contribution in [3.05, 3.63) is 107 Å². The molecule has 3 rings (SSSR count). The van der Waals surface area contributed by atoms with Crippen LogP contribution in [0.25, 0.3) is 0 Å². The van der Waals surface area contributed by atoms with Crippen LogP contribution in [0.2, 0.25) is 0 Å². The van der Waals surface area contributed by atoms with E-state index in [-0.39, 0.29) is 11.7 Å². The number of ketones is 1. The molecular weight excluding hydrogens is 360 g/mol. The zero-order chi connectivity index (χ0) is 20.3. The van der Waals surface area contributed by atoms with Gasteiger partial charge in [0.1, 0.15) is 0 Å². The monoisotopic (exact) mass is 379 g/mol. The first-order chi connectivity index (χ1) is 13.4. The zero-order valence-electron chi connectivity index (χ0n) is 15.5. The molecule has 1 unspecified atom stereocenters. The number of benzene rings is 3. The highest BCUT2D eigenvalue weighted by Crippen LogP contribution is 2.23. The molecule has 1 atom stereocenters. The number of amides is 1. The minimum absolute atomic E-state index is 0.122. The molecule has 0 heterocycles. The summed E-state index contributed by atoms with van der Waals surface area (Å²) in [5.74, 6) is -2.28. The van der Waals surface area contributed by atoms with Crippen molar-refractivity contribution in [2.24, 2.45) is 0 Å². The summed E-state index contributed by atoms with van der Waals surface area (Å²) in [7, 11) is 1.59. The molecule has 0 radical (unpaired) electrons. The maximum atomic E-state index is 13.5. The number of hydrogen-bond acceptors (Lipinski definition) is 2. The lowest BCUT2D eigenvalue weighted by Gasteiger charge is -2.25. The molecule has 0 fully saturated rings. The predicted octanol–water partition coefficient (Wildman–Crippen LogP) is 5.03. The molecule has 3 aromatic carbocycles. The Morgan fingerprint density at radius 3 is 1.96 bits per heavy atom. The first-order valence-electron chi connectivity index (χ1n) is 8.80. The van der Waals surface area contributed by atoms with Gasteiger partial charge in [0, 0.05) is 23.7 Å². The zero-order valence-corrected chi connectivity index (χ0v) is 15.5. The minimum atomic E-state index is -0.950. The summed E-state index contributed by atoms with van der Waals surface area (Å²) in [6.45, 7) is 1.73. The average molecular weight is 379 g/mol. The number of hydrogen-bond donors (Lipinski definition) is 0. The van der Waals surface area contributed by atoms with E-state index in [1.54, 1.807) is 62.5 Å². The molecule has 3 nitrogen and oxygen atoms in total. The van der Waals surface area contributed by atoms with E-state index in [9.17, 15) is 18.4 Å². The van der Waals surface area contributed by atoms with Crippen LogP contribution in [-0.2, 0) is 0 Å². The van der Waals surface area contributed by atoms with Gasteiger partial charge < -0.3 is 4.90 Å². The lowest BCUT2D eigenvalue weighted by atomic mass is 10.0. The third-order valence-electron chi connectivity index (χ3n) is 4.76. The molecule has 0 aromatic heterocycles. The lowest BCUT2D eigenvalue weighted by Crippen LogP contribution is -2.29. The Labute approximate surface area is 162 Å². The van der Waals surface area contributed by atoms with Crippen molar-refractivity contribution in [2.45, 2.75) is 13.0 Å². The van der Waals surface area contributed by atoms with E-state index in [0.29, 0.717) is 22.3 Å². The van der Waals surface area contributed by atoms with Gasteiger partial charge >= 0.3 is 0 Å². The van der Waals surface area contributed by atoms with Crippen LogP contribution >= 0.6 is 0 Å². The molecule has 0 spiro atoms. The molecule has 0 aliphatic rings. The molecular formula is C23H19F2NO2. The van der Waals surface area contributed by atoms with Crippen molar-refractivity contribution in [3.8, 4) is 0 Å². The Hall–Kier alpha value is -3.34. The fourth-order valence-electron chi connectivity index (χ4n) is 2.90. The van der Waals surface area contributed by atoms with Crippen molar-refractivity contribution in [1.82, 2.24) is 4.90 Å². The van der Waals surface area contributed by atoms with E-state index in [1.165, 1.54) is 11.0 Å². The molecule has 142 valence electrons.